The molecule has 0 aromatic heterocycles. The normalized spacial score (nSPS) is 18.8. The van der Waals surface area contributed by atoms with Crippen LogP contribution in [0.1, 0.15) is 26.2 Å². The molecule has 1 rings (SSSR count). The van der Waals surface area contributed by atoms with E-state index in [1.54, 1.807) is 0 Å². The van der Waals surface area contributed by atoms with E-state index in [9.17, 15) is 9.59 Å². The lowest BCUT2D eigenvalue weighted by molar-refractivity contribution is -0.142. The van der Waals surface area contributed by atoms with Crippen molar-refractivity contribution in [2.45, 2.75) is 32.2 Å². The summed E-state index contributed by atoms with van der Waals surface area (Å²) < 4.78 is 0. The van der Waals surface area contributed by atoms with Crippen LogP contribution in [0.3, 0.4) is 0 Å². The number of carbonyl (C=O) groups excluding carboxylic acids is 1. The van der Waals surface area contributed by atoms with Crippen LogP contribution in [-0.2, 0) is 9.59 Å². The average molecular weight is 223 g/mol. The Morgan fingerprint density at radius 1 is 1.50 bits per heavy atom. The first-order valence-electron chi connectivity index (χ1n) is 5.36. The number of rotatable bonds is 5. The monoisotopic (exact) mass is 223 g/mol. The van der Waals surface area contributed by atoms with E-state index in [2.05, 4.69) is 0 Å². The molecule has 1 aliphatic carbocycles. The summed E-state index contributed by atoms with van der Waals surface area (Å²) in [6.07, 6.45) is 8.36. The lowest BCUT2D eigenvalue weighted by Gasteiger charge is -2.19. The molecular formula is C12H17NO3. The van der Waals surface area contributed by atoms with E-state index >= 15 is 0 Å². The molecule has 1 aliphatic rings. The Labute approximate surface area is 94.8 Å². The Morgan fingerprint density at radius 3 is 2.62 bits per heavy atom. The predicted octanol–water partition coefficient (Wildman–Crippen LogP) is 1.27. The first kappa shape index (κ1) is 12.6. The van der Waals surface area contributed by atoms with Crippen LogP contribution in [0.4, 0.5) is 0 Å². The van der Waals surface area contributed by atoms with Crippen molar-refractivity contribution >= 4 is 11.8 Å². The maximum Gasteiger partial charge on any atom is 0.321 e. The zero-order valence-corrected chi connectivity index (χ0v) is 9.35. The summed E-state index contributed by atoms with van der Waals surface area (Å²) in [4.78, 5) is 22.1. The average Bonchev–Trinajstić information content (AvgIpc) is 2.26. The standard InChI is InChI=1S/C12H17NO3/c1-8(14)10(11(13)12(15)16)7-9-5-3-2-4-6-9/h3,5-6,10-11H,2,4,7,13H2,1H3,(H,15,16). The Bertz CT molecular complexity index is 344. The first-order chi connectivity index (χ1) is 7.52. The van der Waals surface area contributed by atoms with Gasteiger partial charge in [0.05, 0.1) is 0 Å². The van der Waals surface area contributed by atoms with Gasteiger partial charge in [-0.05, 0) is 26.2 Å². The van der Waals surface area contributed by atoms with Crippen LogP contribution < -0.4 is 5.73 Å². The maximum atomic E-state index is 11.4. The van der Waals surface area contributed by atoms with Crippen LogP contribution in [-0.4, -0.2) is 22.9 Å². The largest absolute Gasteiger partial charge is 0.480 e. The topological polar surface area (TPSA) is 80.4 Å². The molecule has 3 N–H and O–H groups in total. The zero-order chi connectivity index (χ0) is 12.1. The van der Waals surface area contributed by atoms with Gasteiger partial charge in [-0.15, -0.1) is 0 Å². The van der Waals surface area contributed by atoms with Gasteiger partial charge in [-0.2, -0.15) is 0 Å². The number of nitrogens with two attached hydrogens (primary N) is 1. The van der Waals surface area contributed by atoms with Crippen molar-refractivity contribution in [2.75, 3.05) is 0 Å². The number of hydrogen-bond donors (Lipinski definition) is 2. The maximum absolute atomic E-state index is 11.4. The molecule has 16 heavy (non-hydrogen) atoms. The fourth-order valence-electron chi connectivity index (χ4n) is 1.77. The van der Waals surface area contributed by atoms with Crippen LogP contribution in [0.15, 0.2) is 23.8 Å². The van der Waals surface area contributed by atoms with Gasteiger partial charge in [0.15, 0.2) is 0 Å². The molecule has 88 valence electrons. The second-order valence-corrected chi connectivity index (χ2v) is 4.04. The van der Waals surface area contributed by atoms with Gasteiger partial charge in [-0.25, -0.2) is 0 Å². The van der Waals surface area contributed by atoms with Crippen molar-refractivity contribution in [1.29, 1.82) is 0 Å². The molecule has 0 saturated carbocycles. The minimum atomic E-state index is -1.12. The molecule has 4 nitrogen and oxygen atoms in total. The quantitative estimate of drug-likeness (QED) is 0.735. The van der Waals surface area contributed by atoms with Crippen LogP contribution in [0, 0.1) is 5.92 Å². The molecule has 0 heterocycles. The Kier molecular flexibility index (Phi) is 4.43. The summed E-state index contributed by atoms with van der Waals surface area (Å²) in [6, 6.07) is -1.12. The number of carboxylic acids is 1. The third-order valence-corrected chi connectivity index (χ3v) is 2.77. The molecule has 0 aromatic carbocycles. The minimum absolute atomic E-state index is 0.172. The van der Waals surface area contributed by atoms with Gasteiger partial charge in [-0.1, -0.05) is 23.8 Å². The van der Waals surface area contributed by atoms with Gasteiger partial charge >= 0.3 is 5.97 Å². The van der Waals surface area contributed by atoms with Crippen molar-refractivity contribution in [3.8, 4) is 0 Å². The number of allylic oxidation sites excluding steroid dienone is 4. The summed E-state index contributed by atoms with van der Waals surface area (Å²) in [6.45, 7) is 1.39. The summed E-state index contributed by atoms with van der Waals surface area (Å²) in [7, 11) is 0. The van der Waals surface area contributed by atoms with E-state index in [1.807, 2.05) is 18.2 Å². The number of Topliss-reactive ketones (excluding diaryl/α,β-unsaturated/α-hetero) is 1. The predicted molar refractivity (Wildman–Crippen MR) is 60.9 cm³/mol. The SMILES string of the molecule is CC(=O)C(CC1=CCCC=C1)C(N)C(=O)O. The van der Waals surface area contributed by atoms with Gasteiger partial charge in [-0.3, -0.25) is 9.59 Å². The summed E-state index contributed by atoms with van der Waals surface area (Å²) in [5.41, 5.74) is 6.51. The molecule has 0 aromatic rings. The van der Waals surface area contributed by atoms with E-state index in [4.69, 9.17) is 10.8 Å². The number of carboxylic acid groups (broad SMARTS) is 1. The van der Waals surface area contributed by atoms with E-state index in [0.717, 1.165) is 18.4 Å². The van der Waals surface area contributed by atoms with E-state index in [-0.39, 0.29) is 5.78 Å². The third kappa shape index (κ3) is 3.31. The van der Waals surface area contributed by atoms with Gasteiger partial charge in [0, 0.05) is 5.92 Å². The highest BCUT2D eigenvalue weighted by Gasteiger charge is 2.28. The van der Waals surface area contributed by atoms with Crippen molar-refractivity contribution in [3.05, 3.63) is 23.8 Å². The molecular weight excluding hydrogens is 206 g/mol. The molecule has 0 bridgehead atoms. The lowest BCUT2D eigenvalue weighted by atomic mass is 9.87. The number of aliphatic carboxylic acids is 1. The first-order valence-corrected chi connectivity index (χ1v) is 5.36. The van der Waals surface area contributed by atoms with Crippen molar-refractivity contribution < 1.29 is 14.7 Å². The van der Waals surface area contributed by atoms with Crippen LogP contribution in [0.25, 0.3) is 0 Å². The second-order valence-electron chi connectivity index (χ2n) is 4.04. The summed E-state index contributed by atoms with van der Waals surface area (Å²) in [5.74, 6) is -1.93. The second kappa shape index (κ2) is 5.61. The number of hydrogen-bond acceptors (Lipinski definition) is 3. The lowest BCUT2D eigenvalue weighted by Crippen LogP contribution is -2.41. The highest BCUT2D eigenvalue weighted by molar-refractivity contribution is 5.86. The third-order valence-electron chi connectivity index (χ3n) is 2.77. The molecule has 0 saturated heterocycles. The molecule has 0 spiro atoms. The summed E-state index contributed by atoms with van der Waals surface area (Å²) in [5, 5.41) is 8.82. The van der Waals surface area contributed by atoms with Crippen LogP contribution in [0.5, 0.6) is 0 Å². The highest BCUT2D eigenvalue weighted by Crippen LogP contribution is 2.20. The molecule has 0 amide bonds. The van der Waals surface area contributed by atoms with Gasteiger partial charge in [0.2, 0.25) is 0 Å². The van der Waals surface area contributed by atoms with Crippen molar-refractivity contribution in [2.24, 2.45) is 11.7 Å². The molecule has 0 radical (unpaired) electrons. The Balaban J connectivity index is 2.72. The molecule has 0 aliphatic heterocycles. The number of ketones is 1. The van der Waals surface area contributed by atoms with Gasteiger partial charge < -0.3 is 10.8 Å². The van der Waals surface area contributed by atoms with E-state index < -0.39 is 17.9 Å². The van der Waals surface area contributed by atoms with Crippen LogP contribution >= 0.6 is 0 Å². The van der Waals surface area contributed by atoms with Crippen LogP contribution in [0.2, 0.25) is 0 Å². The molecule has 2 atom stereocenters. The fourth-order valence-corrected chi connectivity index (χ4v) is 1.77. The van der Waals surface area contributed by atoms with E-state index in [1.165, 1.54) is 6.92 Å². The Morgan fingerprint density at radius 2 is 2.19 bits per heavy atom. The summed E-state index contributed by atoms with van der Waals surface area (Å²) >= 11 is 0. The van der Waals surface area contributed by atoms with Crippen molar-refractivity contribution in [3.63, 3.8) is 0 Å². The minimum Gasteiger partial charge on any atom is -0.480 e. The van der Waals surface area contributed by atoms with Gasteiger partial charge in [0.1, 0.15) is 11.8 Å². The van der Waals surface area contributed by atoms with E-state index in [0.29, 0.717) is 6.42 Å². The molecule has 4 heteroatoms. The highest BCUT2D eigenvalue weighted by atomic mass is 16.4. The smallest absolute Gasteiger partial charge is 0.321 e. The molecule has 2 unspecified atom stereocenters. The zero-order valence-electron chi connectivity index (χ0n) is 9.35. The number of carbonyl (C=O) groups is 2. The Hall–Kier alpha value is -1.42. The van der Waals surface area contributed by atoms with Gasteiger partial charge in [0.25, 0.3) is 0 Å². The fraction of sp³-hybridized carbons (Fsp3) is 0.500. The van der Waals surface area contributed by atoms with Crippen molar-refractivity contribution in [1.82, 2.24) is 0 Å². The molecule has 0 fully saturated rings.